The van der Waals surface area contributed by atoms with Crippen LogP contribution in [-0.4, -0.2) is 13.2 Å². The van der Waals surface area contributed by atoms with Crippen LogP contribution < -0.4 is 9.47 Å². The van der Waals surface area contributed by atoms with Crippen molar-refractivity contribution in [2.45, 2.75) is 84.5 Å². The van der Waals surface area contributed by atoms with Gasteiger partial charge in [-0.2, -0.15) is 0 Å². The summed E-state index contributed by atoms with van der Waals surface area (Å²) in [6.07, 6.45) is 19.3. The van der Waals surface area contributed by atoms with Gasteiger partial charge in [0.05, 0.1) is 6.61 Å². The molecule has 27 heavy (non-hydrogen) atoms. The van der Waals surface area contributed by atoms with Crippen molar-refractivity contribution in [1.29, 1.82) is 0 Å². The number of allylic oxidation sites excluding steroid dienone is 1. The van der Waals surface area contributed by atoms with Gasteiger partial charge in [0.2, 0.25) is 0 Å². The van der Waals surface area contributed by atoms with E-state index >= 15 is 0 Å². The Bertz CT molecular complexity index is 498. The molecule has 0 amide bonds. The van der Waals surface area contributed by atoms with Crippen molar-refractivity contribution in [3.8, 4) is 11.5 Å². The summed E-state index contributed by atoms with van der Waals surface area (Å²) in [7, 11) is 0. The highest BCUT2D eigenvalue weighted by molar-refractivity contribution is 5.31. The van der Waals surface area contributed by atoms with Crippen LogP contribution >= 0.6 is 0 Å². The highest BCUT2D eigenvalue weighted by atomic mass is 16.5. The summed E-state index contributed by atoms with van der Waals surface area (Å²) in [5.74, 6) is 3.60. The monoisotopic (exact) mass is 372 g/mol. The van der Waals surface area contributed by atoms with E-state index in [1.165, 1.54) is 64.2 Å². The standard InChI is InChI=1S/C25H40O2/c1-3-5-7-10-22-12-14-23(15-13-22)11-9-21-27-25-18-16-24(17-19-25)26-20-8-6-4-2/h9,11,16-19,22-23H,3-8,10,12-15,20-21H2,1-2H3/b11-9+. The van der Waals surface area contributed by atoms with E-state index in [9.17, 15) is 0 Å². The maximum Gasteiger partial charge on any atom is 0.120 e. The Kier molecular flexibility index (Phi) is 11.1. The van der Waals surface area contributed by atoms with Crippen LogP contribution in [0, 0.1) is 11.8 Å². The minimum absolute atomic E-state index is 0.660. The SMILES string of the molecule is CCCCCOc1ccc(OC/C=C/C2CCC(CCCCC)CC2)cc1. The molecule has 0 aliphatic heterocycles. The molecule has 0 aromatic heterocycles. The first kappa shape index (κ1) is 21.9. The molecular weight excluding hydrogens is 332 g/mol. The maximum absolute atomic E-state index is 5.84. The van der Waals surface area contributed by atoms with E-state index in [0.717, 1.165) is 36.4 Å². The van der Waals surface area contributed by atoms with E-state index < -0.39 is 0 Å². The van der Waals surface area contributed by atoms with E-state index in [0.29, 0.717) is 6.61 Å². The van der Waals surface area contributed by atoms with Crippen molar-refractivity contribution < 1.29 is 9.47 Å². The van der Waals surface area contributed by atoms with Crippen LogP contribution in [0.1, 0.15) is 84.5 Å². The average Bonchev–Trinajstić information content (AvgIpc) is 2.71. The van der Waals surface area contributed by atoms with Crippen LogP contribution in [0.25, 0.3) is 0 Å². The minimum Gasteiger partial charge on any atom is -0.494 e. The van der Waals surface area contributed by atoms with Crippen LogP contribution in [-0.2, 0) is 0 Å². The Morgan fingerprint density at radius 1 is 0.815 bits per heavy atom. The summed E-state index contributed by atoms with van der Waals surface area (Å²) in [6.45, 7) is 5.96. The fraction of sp³-hybridized carbons (Fsp3) is 0.680. The summed E-state index contributed by atoms with van der Waals surface area (Å²) in [6, 6.07) is 8.02. The first-order chi connectivity index (χ1) is 13.3. The highest BCUT2D eigenvalue weighted by Gasteiger charge is 2.18. The second kappa shape index (κ2) is 13.7. The second-order valence-corrected chi connectivity index (χ2v) is 8.04. The molecule has 0 heterocycles. The first-order valence-corrected chi connectivity index (χ1v) is 11.3. The number of hydrogen-bond donors (Lipinski definition) is 0. The average molecular weight is 373 g/mol. The van der Waals surface area contributed by atoms with Crippen LogP contribution in [0.2, 0.25) is 0 Å². The molecule has 1 aromatic rings. The van der Waals surface area contributed by atoms with Gasteiger partial charge in [0, 0.05) is 0 Å². The molecular formula is C25H40O2. The van der Waals surface area contributed by atoms with Gasteiger partial charge in [-0.15, -0.1) is 0 Å². The predicted octanol–water partition coefficient (Wildman–Crippen LogP) is 7.58. The topological polar surface area (TPSA) is 18.5 Å². The molecule has 0 atom stereocenters. The first-order valence-electron chi connectivity index (χ1n) is 11.3. The Morgan fingerprint density at radius 3 is 2.11 bits per heavy atom. The van der Waals surface area contributed by atoms with E-state index in [2.05, 4.69) is 26.0 Å². The third-order valence-corrected chi connectivity index (χ3v) is 5.70. The lowest BCUT2D eigenvalue weighted by molar-refractivity contribution is 0.288. The lowest BCUT2D eigenvalue weighted by Gasteiger charge is -2.26. The molecule has 0 saturated heterocycles. The van der Waals surface area contributed by atoms with Crippen molar-refractivity contribution in [2.24, 2.45) is 11.8 Å². The minimum atomic E-state index is 0.660. The molecule has 0 N–H and O–H groups in total. The van der Waals surface area contributed by atoms with Crippen LogP contribution in [0.5, 0.6) is 11.5 Å². The zero-order chi connectivity index (χ0) is 19.2. The summed E-state index contributed by atoms with van der Waals surface area (Å²) in [4.78, 5) is 0. The summed E-state index contributed by atoms with van der Waals surface area (Å²) < 4.78 is 11.6. The fourth-order valence-electron chi connectivity index (χ4n) is 3.92. The molecule has 0 spiro atoms. The van der Waals surface area contributed by atoms with Gasteiger partial charge in [0.15, 0.2) is 0 Å². The third-order valence-electron chi connectivity index (χ3n) is 5.70. The smallest absolute Gasteiger partial charge is 0.120 e. The summed E-state index contributed by atoms with van der Waals surface area (Å²) >= 11 is 0. The van der Waals surface area contributed by atoms with Gasteiger partial charge in [-0.3, -0.25) is 0 Å². The molecule has 1 aromatic carbocycles. The van der Waals surface area contributed by atoms with E-state index in [1.54, 1.807) is 0 Å². The van der Waals surface area contributed by atoms with Crippen LogP contribution in [0.4, 0.5) is 0 Å². The molecule has 0 radical (unpaired) electrons. The zero-order valence-electron chi connectivity index (χ0n) is 17.6. The Morgan fingerprint density at radius 2 is 1.44 bits per heavy atom. The molecule has 1 saturated carbocycles. The summed E-state index contributed by atoms with van der Waals surface area (Å²) in [5.41, 5.74) is 0. The Balaban J connectivity index is 1.58. The lowest BCUT2D eigenvalue weighted by Crippen LogP contribution is -2.13. The highest BCUT2D eigenvalue weighted by Crippen LogP contribution is 2.32. The van der Waals surface area contributed by atoms with E-state index in [-0.39, 0.29) is 0 Å². The molecule has 0 unspecified atom stereocenters. The number of unbranched alkanes of at least 4 members (excludes halogenated alkanes) is 4. The largest absolute Gasteiger partial charge is 0.494 e. The van der Waals surface area contributed by atoms with Gasteiger partial charge in [0.1, 0.15) is 18.1 Å². The zero-order valence-corrected chi connectivity index (χ0v) is 17.6. The third kappa shape index (κ3) is 9.35. The molecule has 1 aliphatic carbocycles. The summed E-state index contributed by atoms with van der Waals surface area (Å²) in [5, 5.41) is 0. The van der Waals surface area contributed by atoms with Crippen molar-refractivity contribution in [3.63, 3.8) is 0 Å². The molecule has 2 nitrogen and oxygen atoms in total. The molecule has 0 bridgehead atoms. The van der Waals surface area contributed by atoms with Crippen molar-refractivity contribution >= 4 is 0 Å². The van der Waals surface area contributed by atoms with Crippen LogP contribution in [0.3, 0.4) is 0 Å². The number of hydrogen-bond acceptors (Lipinski definition) is 2. The molecule has 1 fully saturated rings. The quantitative estimate of drug-likeness (QED) is 0.262. The Labute approximate surface area is 167 Å². The molecule has 152 valence electrons. The van der Waals surface area contributed by atoms with Gasteiger partial charge in [-0.1, -0.05) is 64.5 Å². The number of rotatable bonds is 13. The molecule has 1 aliphatic rings. The van der Waals surface area contributed by atoms with Crippen molar-refractivity contribution in [2.75, 3.05) is 13.2 Å². The Hall–Kier alpha value is -1.44. The van der Waals surface area contributed by atoms with Crippen molar-refractivity contribution in [1.82, 2.24) is 0 Å². The van der Waals surface area contributed by atoms with Gasteiger partial charge in [0.25, 0.3) is 0 Å². The van der Waals surface area contributed by atoms with Crippen LogP contribution in [0.15, 0.2) is 36.4 Å². The number of benzene rings is 1. The predicted molar refractivity (Wildman–Crippen MR) is 116 cm³/mol. The second-order valence-electron chi connectivity index (χ2n) is 8.04. The normalized spacial score (nSPS) is 20.1. The van der Waals surface area contributed by atoms with E-state index in [1.807, 2.05) is 24.3 Å². The van der Waals surface area contributed by atoms with Gasteiger partial charge < -0.3 is 9.47 Å². The molecule has 2 heteroatoms. The van der Waals surface area contributed by atoms with Gasteiger partial charge >= 0.3 is 0 Å². The number of ether oxygens (including phenoxy) is 2. The van der Waals surface area contributed by atoms with Crippen molar-refractivity contribution in [3.05, 3.63) is 36.4 Å². The fourth-order valence-corrected chi connectivity index (χ4v) is 3.92. The lowest BCUT2D eigenvalue weighted by atomic mass is 9.79. The molecule has 2 rings (SSSR count). The van der Waals surface area contributed by atoms with Gasteiger partial charge in [-0.25, -0.2) is 0 Å². The van der Waals surface area contributed by atoms with E-state index in [4.69, 9.17) is 9.47 Å². The maximum atomic E-state index is 5.84. The van der Waals surface area contributed by atoms with Gasteiger partial charge in [-0.05, 0) is 68.2 Å².